The smallest absolute Gasteiger partial charge is 0.233 e. The van der Waals surface area contributed by atoms with Gasteiger partial charge in [-0.2, -0.15) is 4.98 Å². The topological polar surface area (TPSA) is 135 Å². The molecular formula is C18H18FN5O4S2. The van der Waals surface area contributed by atoms with E-state index in [0.717, 1.165) is 6.26 Å². The van der Waals surface area contributed by atoms with Gasteiger partial charge in [-0.3, -0.25) is 0 Å². The second kappa shape index (κ2) is 8.32. The standard InChI is InChI=1S/C18H18FN5O4S2/c1-28-16-9-13(19)6-7-15(16)17-21-11-22-18(24-17)23-14-5-3-4-12(8-14)10-30(20,27)29(2,25)26/h3-9,11,20H,10H2,1-2H3,(H,21,22,23,24). The number of aromatic nitrogens is 3. The highest BCUT2D eigenvalue weighted by Gasteiger charge is 2.20. The Labute approximate surface area is 172 Å². The summed E-state index contributed by atoms with van der Waals surface area (Å²) in [6.07, 6.45) is 2.05. The molecule has 9 nitrogen and oxygen atoms in total. The van der Waals surface area contributed by atoms with Gasteiger partial charge < -0.3 is 10.1 Å². The number of halogens is 1. The van der Waals surface area contributed by atoms with Gasteiger partial charge in [-0.25, -0.2) is 31.8 Å². The van der Waals surface area contributed by atoms with Gasteiger partial charge in [0.25, 0.3) is 0 Å². The summed E-state index contributed by atoms with van der Waals surface area (Å²) in [5, 5.41) is 2.95. The Bertz CT molecular complexity index is 1300. The quantitative estimate of drug-likeness (QED) is 0.524. The van der Waals surface area contributed by atoms with E-state index < -0.39 is 29.2 Å². The summed E-state index contributed by atoms with van der Waals surface area (Å²) >= 11 is 0. The van der Waals surface area contributed by atoms with Gasteiger partial charge in [-0.15, -0.1) is 0 Å². The molecule has 1 atom stereocenters. The highest BCUT2D eigenvalue weighted by molar-refractivity contribution is 8.67. The minimum atomic E-state index is -4.02. The molecule has 0 fully saturated rings. The van der Waals surface area contributed by atoms with Crippen LogP contribution >= 0.6 is 0 Å². The lowest BCUT2D eigenvalue weighted by Gasteiger charge is -2.10. The van der Waals surface area contributed by atoms with E-state index in [1.807, 2.05) is 0 Å². The van der Waals surface area contributed by atoms with Gasteiger partial charge in [0, 0.05) is 11.8 Å². The van der Waals surface area contributed by atoms with E-state index in [2.05, 4.69) is 20.3 Å². The van der Waals surface area contributed by atoms with Gasteiger partial charge in [-0.05, 0) is 29.8 Å². The van der Waals surface area contributed by atoms with Crippen LogP contribution in [0.2, 0.25) is 0 Å². The maximum Gasteiger partial charge on any atom is 0.233 e. The summed E-state index contributed by atoms with van der Waals surface area (Å²) in [5.41, 5.74) is 1.37. The molecule has 30 heavy (non-hydrogen) atoms. The lowest BCUT2D eigenvalue weighted by molar-refractivity contribution is 0.412. The Morgan fingerprint density at radius 1 is 1.13 bits per heavy atom. The Morgan fingerprint density at radius 3 is 2.60 bits per heavy atom. The van der Waals surface area contributed by atoms with Gasteiger partial charge in [0.05, 0.1) is 24.7 Å². The highest BCUT2D eigenvalue weighted by Crippen LogP contribution is 2.28. The van der Waals surface area contributed by atoms with Crippen molar-refractivity contribution in [2.75, 3.05) is 18.7 Å². The van der Waals surface area contributed by atoms with Crippen LogP contribution in [0.25, 0.3) is 11.4 Å². The average Bonchev–Trinajstić information content (AvgIpc) is 2.67. The summed E-state index contributed by atoms with van der Waals surface area (Å²) < 4.78 is 61.4. The van der Waals surface area contributed by atoms with E-state index in [1.165, 1.54) is 31.6 Å². The van der Waals surface area contributed by atoms with Crippen LogP contribution in [0.3, 0.4) is 0 Å². The van der Waals surface area contributed by atoms with Gasteiger partial charge >= 0.3 is 0 Å². The number of benzene rings is 2. The highest BCUT2D eigenvalue weighted by atomic mass is 33.2. The molecule has 158 valence electrons. The third kappa shape index (κ3) is 4.89. The number of hydrogen-bond donors (Lipinski definition) is 2. The van der Waals surface area contributed by atoms with E-state index >= 15 is 0 Å². The predicted octanol–water partition coefficient (Wildman–Crippen LogP) is 2.94. The molecule has 2 N–H and O–H groups in total. The summed E-state index contributed by atoms with van der Waals surface area (Å²) in [4.78, 5) is 12.4. The van der Waals surface area contributed by atoms with Crippen molar-refractivity contribution in [2.45, 2.75) is 5.75 Å². The predicted molar refractivity (Wildman–Crippen MR) is 111 cm³/mol. The zero-order chi connectivity index (χ0) is 21.9. The number of rotatable bonds is 7. The van der Waals surface area contributed by atoms with Crippen LogP contribution < -0.4 is 10.1 Å². The first-order chi connectivity index (χ1) is 14.1. The molecule has 0 saturated carbocycles. The third-order valence-electron chi connectivity index (χ3n) is 4.01. The number of nitrogens with one attached hydrogen (secondary N) is 2. The lowest BCUT2D eigenvalue weighted by Crippen LogP contribution is -2.14. The number of anilines is 2. The number of nitrogens with zero attached hydrogens (tertiary/aromatic N) is 3. The van der Waals surface area contributed by atoms with Gasteiger partial charge in [0.2, 0.25) is 14.8 Å². The summed E-state index contributed by atoms with van der Waals surface area (Å²) in [6.45, 7) is 0. The fraction of sp³-hybridized carbons (Fsp3) is 0.167. The SMILES string of the molecule is COc1cc(F)ccc1-c1ncnc(Nc2cccc(CS(=N)(=O)S(C)(=O)=O)c2)n1. The van der Waals surface area contributed by atoms with Crippen molar-refractivity contribution in [3.05, 3.63) is 60.2 Å². The Balaban J connectivity index is 1.87. The molecule has 0 radical (unpaired) electrons. The van der Waals surface area contributed by atoms with Gasteiger partial charge in [-0.1, -0.05) is 12.1 Å². The van der Waals surface area contributed by atoms with Crippen LogP contribution in [0, 0.1) is 10.6 Å². The number of hydrogen-bond acceptors (Lipinski definition) is 9. The Hall–Kier alpha value is -3.12. The normalized spacial score (nSPS) is 13.4. The Morgan fingerprint density at radius 2 is 1.90 bits per heavy atom. The first kappa shape index (κ1) is 21.6. The van der Waals surface area contributed by atoms with Crippen molar-refractivity contribution in [1.82, 2.24) is 15.0 Å². The monoisotopic (exact) mass is 451 g/mol. The molecule has 1 aromatic heterocycles. The van der Waals surface area contributed by atoms with E-state index in [4.69, 9.17) is 9.52 Å². The van der Waals surface area contributed by atoms with Crippen molar-refractivity contribution in [2.24, 2.45) is 0 Å². The van der Waals surface area contributed by atoms with Crippen molar-refractivity contribution in [3.8, 4) is 17.1 Å². The molecule has 3 rings (SSSR count). The molecule has 2 aromatic carbocycles. The first-order valence-corrected chi connectivity index (χ1v) is 12.6. The van der Waals surface area contributed by atoms with E-state index in [0.29, 0.717) is 16.8 Å². The van der Waals surface area contributed by atoms with Crippen molar-refractivity contribution in [3.63, 3.8) is 0 Å². The van der Waals surface area contributed by atoms with Crippen LogP contribution in [0.4, 0.5) is 16.0 Å². The fourth-order valence-corrected chi connectivity index (χ4v) is 4.41. The Kier molecular flexibility index (Phi) is 5.99. The lowest BCUT2D eigenvalue weighted by atomic mass is 10.2. The molecule has 3 aromatic rings. The second-order valence-corrected chi connectivity index (χ2v) is 12.6. The zero-order valence-electron chi connectivity index (χ0n) is 16.0. The van der Waals surface area contributed by atoms with Crippen molar-refractivity contribution < 1.29 is 21.8 Å². The van der Waals surface area contributed by atoms with E-state index in [-0.39, 0.29) is 17.5 Å². The fourth-order valence-electron chi connectivity index (χ4n) is 2.53. The maximum absolute atomic E-state index is 13.4. The molecule has 0 spiro atoms. The third-order valence-corrected chi connectivity index (χ3v) is 8.98. The minimum Gasteiger partial charge on any atom is -0.496 e. The molecule has 1 unspecified atom stereocenters. The van der Waals surface area contributed by atoms with Gasteiger partial charge in [0.15, 0.2) is 14.6 Å². The van der Waals surface area contributed by atoms with E-state index in [9.17, 15) is 17.0 Å². The molecule has 0 aliphatic carbocycles. The van der Waals surface area contributed by atoms with Crippen LogP contribution in [0.5, 0.6) is 5.75 Å². The van der Waals surface area contributed by atoms with Crippen LogP contribution in [0.1, 0.15) is 5.56 Å². The van der Waals surface area contributed by atoms with E-state index in [1.54, 1.807) is 24.3 Å². The number of methoxy groups -OCH3 is 1. The first-order valence-electron chi connectivity index (χ1n) is 8.44. The second-order valence-electron chi connectivity index (χ2n) is 6.27. The molecular weight excluding hydrogens is 433 g/mol. The molecule has 0 bridgehead atoms. The molecule has 0 saturated heterocycles. The molecule has 1 heterocycles. The van der Waals surface area contributed by atoms with Gasteiger partial charge in [0.1, 0.15) is 17.9 Å². The minimum absolute atomic E-state index is 0.179. The summed E-state index contributed by atoms with van der Waals surface area (Å²) in [6, 6.07) is 10.4. The maximum atomic E-state index is 13.4. The van der Waals surface area contributed by atoms with Crippen LogP contribution in [-0.2, 0) is 23.4 Å². The molecule has 0 aliphatic rings. The largest absolute Gasteiger partial charge is 0.496 e. The average molecular weight is 452 g/mol. The van der Waals surface area contributed by atoms with Crippen LogP contribution in [-0.4, -0.2) is 40.9 Å². The molecule has 0 aliphatic heterocycles. The summed E-state index contributed by atoms with van der Waals surface area (Å²) in [7, 11) is -6.44. The zero-order valence-corrected chi connectivity index (χ0v) is 17.6. The van der Waals surface area contributed by atoms with Crippen LogP contribution in [0.15, 0.2) is 48.8 Å². The van der Waals surface area contributed by atoms with Crippen molar-refractivity contribution >= 4 is 29.3 Å². The molecule has 0 amide bonds. The molecule has 12 heteroatoms. The number of ether oxygens (including phenoxy) is 1. The van der Waals surface area contributed by atoms with Crippen molar-refractivity contribution in [1.29, 1.82) is 4.78 Å². The summed E-state index contributed by atoms with van der Waals surface area (Å²) in [5.74, 6) is -0.193.